The van der Waals surface area contributed by atoms with Gasteiger partial charge >= 0.3 is 0 Å². The fourth-order valence-corrected chi connectivity index (χ4v) is 3.62. The molecule has 3 heteroatoms. The second kappa shape index (κ2) is 3.38. The van der Waals surface area contributed by atoms with Crippen LogP contribution in [0.15, 0.2) is 18.2 Å². The Morgan fingerprint density at radius 2 is 1.75 bits per heavy atom. The van der Waals surface area contributed by atoms with Crippen LogP contribution < -0.4 is 5.73 Å². The summed E-state index contributed by atoms with van der Waals surface area (Å²) in [6, 6.07) is 5.79. The zero-order valence-corrected chi connectivity index (χ0v) is 10.6. The zero-order chi connectivity index (χ0) is 11.4. The molecular weight excluding hydrogens is 241 g/mol. The Kier molecular flexibility index (Phi) is 2.30. The zero-order valence-electron chi connectivity index (χ0n) is 9.10. The van der Waals surface area contributed by atoms with Crippen LogP contribution in [0, 0.1) is 5.41 Å². The summed E-state index contributed by atoms with van der Waals surface area (Å²) >= 11 is 11.9. The number of rotatable bonds is 1. The van der Waals surface area contributed by atoms with E-state index in [4.69, 9.17) is 28.9 Å². The van der Waals surface area contributed by atoms with Gasteiger partial charge in [0.05, 0.1) is 10.0 Å². The van der Waals surface area contributed by atoms with Gasteiger partial charge in [-0.05, 0) is 48.8 Å². The van der Waals surface area contributed by atoms with Crippen LogP contribution in [0.4, 0.5) is 0 Å². The molecule has 2 N–H and O–H groups in total. The predicted octanol–water partition coefficient (Wildman–Crippen LogP) is 4.11. The maximum atomic E-state index is 6.43. The number of benzene rings is 1. The lowest BCUT2D eigenvalue weighted by molar-refractivity contribution is -0.0462. The number of halogens is 2. The van der Waals surface area contributed by atoms with Crippen molar-refractivity contribution < 1.29 is 0 Å². The van der Waals surface area contributed by atoms with Gasteiger partial charge in [0.2, 0.25) is 0 Å². The van der Waals surface area contributed by atoms with Gasteiger partial charge in [-0.25, -0.2) is 0 Å². The third kappa shape index (κ3) is 1.49. The molecule has 2 aliphatic rings. The standard InChI is InChI=1S/C13H15Cl2N/c14-10-3-2-9(6-11(10)15)13(16)7-12(8-13)4-1-5-12/h2-3,6H,1,4-5,7-8,16H2. The molecule has 0 atom stereocenters. The number of hydrogen-bond acceptors (Lipinski definition) is 1. The monoisotopic (exact) mass is 255 g/mol. The highest BCUT2D eigenvalue weighted by Crippen LogP contribution is 2.62. The van der Waals surface area contributed by atoms with Crippen LogP contribution in [0.1, 0.15) is 37.7 Å². The summed E-state index contributed by atoms with van der Waals surface area (Å²) in [5, 5.41) is 1.21. The smallest absolute Gasteiger partial charge is 0.0595 e. The van der Waals surface area contributed by atoms with E-state index in [2.05, 4.69) is 0 Å². The minimum atomic E-state index is -0.158. The molecule has 0 aliphatic heterocycles. The highest BCUT2D eigenvalue weighted by atomic mass is 35.5. The average molecular weight is 256 g/mol. The van der Waals surface area contributed by atoms with Crippen LogP contribution in [-0.2, 0) is 5.54 Å². The maximum absolute atomic E-state index is 6.43. The van der Waals surface area contributed by atoms with Gasteiger partial charge in [-0.3, -0.25) is 0 Å². The highest BCUT2D eigenvalue weighted by molar-refractivity contribution is 6.42. The molecule has 1 nitrogen and oxygen atoms in total. The minimum absolute atomic E-state index is 0.158. The van der Waals surface area contributed by atoms with Crippen molar-refractivity contribution in [2.75, 3.05) is 0 Å². The summed E-state index contributed by atoms with van der Waals surface area (Å²) in [4.78, 5) is 0. The van der Waals surface area contributed by atoms with Gasteiger partial charge in [-0.2, -0.15) is 0 Å². The van der Waals surface area contributed by atoms with Crippen LogP contribution >= 0.6 is 23.2 Å². The lowest BCUT2D eigenvalue weighted by Crippen LogP contribution is -2.58. The fraction of sp³-hybridized carbons (Fsp3) is 0.538. The molecule has 0 unspecified atom stereocenters. The van der Waals surface area contributed by atoms with Crippen molar-refractivity contribution in [1.29, 1.82) is 0 Å². The first kappa shape index (κ1) is 10.9. The molecule has 16 heavy (non-hydrogen) atoms. The fourth-order valence-electron chi connectivity index (χ4n) is 3.33. The highest BCUT2D eigenvalue weighted by Gasteiger charge is 2.55. The Hall–Kier alpha value is -0.240. The van der Waals surface area contributed by atoms with Crippen LogP contribution in [0.25, 0.3) is 0 Å². The van der Waals surface area contributed by atoms with E-state index in [1.165, 1.54) is 19.3 Å². The first-order chi connectivity index (χ1) is 7.53. The predicted molar refractivity (Wildman–Crippen MR) is 67.8 cm³/mol. The van der Waals surface area contributed by atoms with Gasteiger partial charge in [0.25, 0.3) is 0 Å². The third-order valence-corrected chi connectivity index (χ3v) is 5.03. The van der Waals surface area contributed by atoms with E-state index >= 15 is 0 Å². The minimum Gasteiger partial charge on any atom is -0.321 e. The topological polar surface area (TPSA) is 26.0 Å². The SMILES string of the molecule is NC1(c2ccc(Cl)c(Cl)c2)CC2(CCC2)C1. The summed E-state index contributed by atoms with van der Waals surface area (Å²) in [6.45, 7) is 0. The molecule has 0 radical (unpaired) electrons. The molecule has 86 valence electrons. The molecule has 2 aliphatic carbocycles. The van der Waals surface area contributed by atoms with E-state index in [1.54, 1.807) is 0 Å². The molecule has 1 spiro atoms. The van der Waals surface area contributed by atoms with Gasteiger partial charge in [-0.1, -0.05) is 35.7 Å². The average Bonchev–Trinajstić information content (AvgIpc) is 2.14. The summed E-state index contributed by atoms with van der Waals surface area (Å²) in [7, 11) is 0. The molecule has 2 fully saturated rings. The van der Waals surface area contributed by atoms with E-state index in [0.29, 0.717) is 15.5 Å². The summed E-state index contributed by atoms with van der Waals surface area (Å²) in [6.07, 6.45) is 6.30. The largest absolute Gasteiger partial charge is 0.321 e. The molecule has 0 heterocycles. The molecule has 2 saturated carbocycles. The molecule has 1 aromatic rings. The second-order valence-electron chi connectivity index (χ2n) is 5.49. The van der Waals surface area contributed by atoms with Crippen molar-refractivity contribution in [2.24, 2.45) is 11.1 Å². The summed E-state index contributed by atoms with van der Waals surface area (Å²) in [5.41, 5.74) is 7.98. The van der Waals surface area contributed by atoms with Gasteiger partial charge in [0, 0.05) is 5.54 Å². The molecule has 0 amide bonds. The normalized spacial score (nSPS) is 24.9. The summed E-state index contributed by atoms with van der Waals surface area (Å²) in [5.74, 6) is 0. The first-order valence-electron chi connectivity index (χ1n) is 5.78. The molecule has 1 aromatic carbocycles. The number of hydrogen-bond donors (Lipinski definition) is 1. The third-order valence-electron chi connectivity index (χ3n) is 4.29. The Bertz CT molecular complexity index is 430. The Balaban J connectivity index is 1.84. The van der Waals surface area contributed by atoms with Crippen LogP contribution in [0.3, 0.4) is 0 Å². The Morgan fingerprint density at radius 1 is 1.06 bits per heavy atom. The van der Waals surface area contributed by atoms with Crippen LogP contribution in [0.2, 0.25) is 10.0 Å². The maximum Gasteiger partial charge on any atom is 0.0595 e. The van der Waals surface area contributed by atoms with E-state index < -0.39 is 0 Å². The van der Waals surface area contributed by atoms with Crippen molar-refractivity contribution >= 4 is 23.2 Å². The van der Waals surface area contributed by atoms with E-state index in [1.807, 2.05) is 18.2 Å². The van der Waals surface area contributed by atoms with Crippen molar-refractivity contribution in [3.05, 3.63) is 33.8 Å². The van der Waals surface area contributed by atoms with E-state index in [9.17, 15) is 0 Å². The molecule has 0 bridgehead atoms. The van der Waals surface area contributed by atoms with E-state index in [0.717, 1.165) is 18.4 Å². The summed E-state index contributed by atoms with van der Waals surface area (Å²) < 4.78 is 0. The van der Waals surface area contributed by atoms with Crippen molar-refractivity contribution in [3.8, 4) is 0 Å². The van der Waals surface area contributed by atoms with Crippen LogP contribution in [0.5, 0.6) is 0 Å². The molecule has 0 saturated heterocycles. The van der Waals surface area contributed by atoms with Gasteiger partial charge < -0.3 is 5.73 Å². The van der Waals surface area contributed by atoms with Gasteiger partial charge in [0.15, 0.2) is 0 Å². The van der Waals surface area contributed by atoms with Crippen molar-refractivity contribution in [3.63, 3.8) is 0 Å². The Labute approximate surface area is 106 Å². The van der Waals surface area contributed by atoms with E-state index in [-0.39, 0.29) is 5.54 Å². The molecular formula is C13H15Cl2N. The van der Waals surface area contributed by atoms with Crippen molar-refractivity contribution in [1.82, 2.24) is 0 Å². The lowest BCUT2D eigenvalue weighted by atomic mass is 9.47. The molecule has 3 rings (SSSR count). The van der Waals surface area contributed by atoms with Crippen LogP contribution in [-0.4, -0.2) is 0 Å². The van der Waals surface area contributed by atoms with Gasteiger partial charge in [-0.15, -0.1) is 0 Å². The van der Waals surface area contributed by atoms with Gasteiger partial charge in [0.1, 0.15) is 0 Å². The Morgan fingerprint density at radius 3 is 2.25 bits per heavy atom. The molecule has 0 aromatic heterocycles. The lowest BCUT2D eigenvalue weighted by Gasteiger charge is -2.60. The first-order valence-corrected chi connectivity index (χ1v) is 6.53. The quantitative estimate of drug-likeness (QED) is 0.803. The second-order valence-corrected chi connectivity index (χ2v) is 6.31. The van der Waals surface area contributed by atoms with Crippen molar-refractivity contribution in [2.45, 2.75) is 37.6 Å². The number of nitrogens with two attached hydrogens (primary N) is 1.